The third-order valence-electron chi connectivity index (χ3n) is 6.08. The number of hydrogen-bond acceptors (Lipinski definition) is 4. The second-order valence-electron chi connectivity index (χ2n) is 8.23. The Labute approximate surface area is 196 Å². The molecule has 1 aliphatic heterocycles. The molecule has 33 heavy (non-hydrogen) atoms. The van der Waals surface area contributed by atoms with Crippen LogP contribution in [0.4, 0.5) is 5.69 Å². The molecule has 176 valence electrons. The fourth-order valence-corrected chi connectivity index (χ4v) is 4.00. The van der Waals surface area contributed by atoms with E-state index in [0.717, 1.165) is 6.42 Å². The normalized spacial score (nSPS) is 14.1. The first-order chi connectivity index (χ1) is 15.9. The van der Waals surface area contributed by atoms with Gasteiger partial charge >= 0.3 is 0 Å². The Kier molecular flexibility index (Phi) is 8.60. The van der Waals surface area contributed by atoms with E-state index in [1.807, 2.05) is 47.9 Å². The van der Waals surface area contributed by atoms with E-state index in [2.05, 4.69) is 12.2 Å². The molecule has 0 bridgehead atoms. The van der Waals surface area contributed by atoms with Crippen molar-refractivity contribution in [3.05, 3.63) is 65.2 Å². The molecule has 0 unspecified atom stereocenters. The summed E-state index contributed by atoms with van der Waals surface area (Å²) in [4.78, 5) is 43.5. The van der Waals surface area contributed by atoms with E-state index in [1.165, 1.54) is 5.56 Å². The number of anilines is 1. The number of carbonyl (C=O) groups excluding carboxylic acids is 3. The minimum Gasteiger partial charge on any atom is -0.339 e. The summed E-state index contributed by atoms with van der Waals surface area (Å²) < 4.78 is 0. The summed E-state index contributed by atoms with van der Waals surface area (Å²) in [7, 11) is 0. The fourth-order valence-electron chi connectivity index (χ4n) is 4.00. The molecule has 3 rings (SSSR count). The van der Waals surface area contributed by atoms with Gasteiger partial charge in [-0.2, -0.15) is 0 Å². The van der Waals surface area contributed by atoms with Gasteiger partial charge in [0.1, 0.15) is 0 Å². The molecule has 1 N–H and O–H groups in total. The molecular weight excluding hydrogens is 416 g/mol. The number of rotatable bonds is 8. The lowest BCUT2D eigenvalue weighted by Gasteiger charge is -2.34. The summed E-state index contributed by atoms with van der Waals surface area (Å²) in [5.74, 6) is -0.130. The van der Waals surface area contributed by atoms with E-state index in [9.17, 15) is 14.4 Å². The lowest BCUT2D eigenvalue weighted by Crippen LogP contribution is -2.50. The minimum atomic E-state index is -0.127. The predicted octanol–water partition coefficient (Wildman–Crippen LogP) is 3.13. The second kappa shape index (κ2) is 11.6. The maximum absolute atomic E-state index is 12.7. The topological polar surface area (TPSA) is 73.0 Å². The van der Waals surface area contributed by atoms with Gasteiger partial charge < -0.3 is 15.1 Å². The molecule has 7 nitrogen and oxygen atoms in total. The smallest absolute Gasteiger partial charge is 0.253 e. The molecule has 0 spiro atoms. The zero-order valence-electron chi connectivity index (χ0n) is 19.8. The number of benzene rings is 2. The summed E-state index contributed by atoms with van der Waals surface area (Å²) in [6, 6.07) is 14.8. The molecule has 2 aromatic rings. The highest BCUT2D eigenvalue weighted by atomic mass is 16.2. The number of aryl methyl sites for hydroxylation is 1. The largest absolute Gasteiger partial charge is 0.339 e. The van der Waals surface area contributed by atoms with Crippen LogP contribution in [0.3, 0.4) is 0 Å². The highest BCUT2D eigenvalue weighted by Crippen LogP contribution is 2.14. The molecule has 2 aromatic carbocycles. The summed E-state index contributed by atoms with van der Waals surface area (Å²) in [6.45, 7) is 10.0. The van der Waals surface area contributed by atoms with Crippen molar-refractivity contribution in [2.75, 3.05) is 51.1 Å². The summed E-state index contributed by atoms with van der Waals surface area (Å²) in [6.07, 6.45) is 0.950. The maximum Gasteiger partial charge on any atom is 0.253 e. The Bertz CT molecular complexity index is 962. The van der Waals surface area contributed by atoms with E-state index in [4.69, 9.17) is 0 Å². The first-order valence-corrected chi connectivity index (χ1v) is 11.7. The van der Waals surface area contributed by atoms with Crippen LogP contribution in [0, 0.1) is 0 Å². The van der Waals surface area contributed by atoms with Crippen molar-refractivity contribution in [2.45, 2.75) is 27.2 Å². The number of hydrogen-bond donors (Lipinski definition) is 1. The average molecular weight is 451 g/mol. The van der Waals surface area contributed by atoms with Crippen LogP contribution in [0.25, 0.3) is 0 Å². The third kappa shape index (κ3) is 6.42. The highest BCUT2D eigenvalue weighted by molar-refractivity contribution is 5.97. The molecule has 0 aromatic heterocycles. The highest BCUT2D eigenvalue weighted by Gasteiger charge is 2.23. The van der Waals surface area contributed by atoms with Gasteiger partial charge in [0, 0.05) is 56.1 Å². The average Bonchev–Trinajstić information content (AvgIpc) is 2.85. The van der Waals surface area contributed by atoms with E-state index in [1.54, 1.807) is 29.2 Å². The molecular formula is C26H34N4O3. The monoisotopic (exact) mass is 450 g/mol. The van der Waals surface area contributed by atoms with E-state index >= 15 is 0 Å². The van der Waals surface area contributed by atoms with Crippen molar-refractivity contribution in [1.29, 1.82) is 0 Å². The molecule has 1 aliphatic rings. The van der Waals surface area contributed by atoms with Gasteiger partial charge in [0.25, 0.3) is 11.8 Å². The van der Waals surface area contributed by atoms with Crippen LogP contribution in [0.15, 0.2) is 48.5 Å². The second-order valence-corrected chi connectivity index (χ2v) is 8.23. The lowest BCUT2D eigenvalue weighted by molar-refractivity contribution is -0.117. The summed E-state index contributed by atoms with van der Waals surface area (Å²) in [5, 5.41) is 2.90. The van der Waals surface area contributed by atoms with Crippen LogP contribution in [-0.4, -0.2) is 78.2 Å². The minimum absolute atomic E-state index is 0.0384. The Morgan fingerprint density at radius 3 is 2.15 bits per heavy atom. The van der Waals surface area contributed by atoms with Gasteiger partial charge in [-0.3, -0.25) is 19.3 Å². The molecule has 7 heteroatoms. The van der Waals surface area contributed by atoms with Crippen molar-refractivity contribution in [3.8, 4) is 0 Å². The van der Waals surface area contributed by atoms with Crippen LogP contribution in [0.1, 0.15) is 47.1 Å². The molecule has 1 fully saturated rings. The van der Waals surface area contributed by atoms with Gasteiger partial charge in [-0.15, -0.1) is 0 Å². The number of nitrogens with one attached hydrogen (secondary N) is 1. The van der Waals surface area contributed by atoms with Gasteiger partial charge in [0.05, 0.1) is 6.54 Å². The molecule has 1 saturated heterocycles. The van der Waals surface area contributed by atoms with Crippen LogP contribution in [0.2, 0.25) is 0 Å². The number of carbonyl (C=O) groups is 3. The molecule has 3 amide bonds. The molecule has 0 atom stereocenters. The first kappa shape index (κ1) is 24.5. The Balaban J connectivity index is 1.50. The van der Waals surface area contributed by atoms with Crippen molar-refractivity contribution >= 4 is 23.4 Å². The Hall–Kier alpha value is -3.19. The van der Waals surface area contributed by atoms with Crippen LogP contribution >= 0.6 is 0 Å². The van der Waals surface area contributed by atoms with Crippen molar-refractivity contribution in [3.63, 3.8) is 0 Å². The van der Waals surface area contributed by atoms with Gasteiger partial charge in [-0.05, 0) is 56.2 Å². The molecule has 1 heterocycles. The molecule has 0 saturated carbocycles. The number of piperazine rings is 1. The van der Waals surface area contributed by atoms with Crippen LogP contribution in [0.5, 0.6) is 0 Å². The van der Waals surface area contributed by atoms with Crippen molar-refractivity contribution in [2.24, 2.45) is 0 Å². The van der Waals surface area contributed by atoms with E-state index in [0.29, 0.717) is 56.1 Å². The number of nitrogens with zero attached hydrogens (tertiary/aromatic N) is 3. The van der Waals surface area contributed by atoms with Gasteiger partial charge in [-0.25, -0.2) is 0 Å². The maximum atomic E-state index is 12.7. The van der Waals surface area contributed by atoms with E-state index in [-0.39, 0.29) is 24.3 Å². The van der Waals surface area contributed by atoms with Crippen molar-refractivity contribution in [1.82, 2.24) is 14.7 Å². The Morgan fingerprint density at radius 2 is 1.55 bits per heavy atom. The number of amides is 3. The van der Waals surface area contributed by atoms with Crippen LogP contribution < -0.4 is 5.32 Å². The SMILES string of the molecule is CCc1ccc(C(=O)N2CCN(CC(=O)Nc3cccc(C(=O)N(CC)CC)c3)CC2)cc1. The van der Waals surface area contributed by atoms with Gasteiger partial charge in [-0.1, -0.05) is 25.1 Å². The first-order valence-electron chi connectivity index (χ1n) is 11.7. The van der Waals surface area contributed by atoms with Crippen molar-refractivity contribution < 1.29 is 14.4 Å². The zero-order chi connectivity index (χ0) is 23.8. The molecule has 0 aliphatic carbocycles. The quantitative estimate of drug-likeness (QED) is 0.671. The molecule has 0 radical (unpaired) electrons. The van der Waals surface area contributed by atoms with E-state index < -0.39 is 0 Å². The predicted molar refractivity (Wildman–Crippen MR) is 130 cm³/mol. The standard InChI is InChI=1S/C26H34N4O3/c1-4-20-10-12-21(13-11-20)25(32)30-16-14-28(15-17-30)19-24(31)27-23-9-7-8-22(18-23)26(33)29(5-2)6-3/h7-13,18H,4-6,14-17,19H2,1-3H3,(H,27,31). The summed E-state index contributed by atoms with van der Waals surface area (Å²) >= 11 is 0. The fraction of sp³-hybridized carbons (Fsp3) is 0.423. The zero-order valence-corrected chi connectivity index (χ0v) is 19.8. The lowest BCUT2D eigenvalue weighted by atomic mass is 10.1. The van der Waals surface area contributed by atoms with Crippen LogP contribution in [-0.2, 0) is 11.2 Å². The van der Waals surface area contributed by atoms with Gasteiger partial charge in [0.2, 0.25) is 5.91 Å². The summed E-state index contributed by atoms with van der Waals surface area (Å²) in [5.41, 5.74) is 3.10. The Morgan fingerprint density at radius 1 is 0.879 bits per heavy atom. The third-order valence-corrected chi connectivity index (χ3v) is 6.08. The van der Waals surface area contributed by atoms with Gasteiger partial charge in [0.15, 0.2) is 0 Å².